The van der Waals surface area contributed by atoms with Crippen molar-refractivity contribution in [1.29, 1.82) is 0 Å². The fourth-order valence-electron chi connectivity index (χ4n) is 1.80. The largest absolute Gasteiger partial charge is 0.204 e. The van der Waals surface area contributed by atoms with Gasteiger partial charge in [-0.2, -0.15) is 0 Å². The van der Waals surface area contributed by atoms with Gasteiger partial charge in [0.2, 0.25) is 0 Å². The lowest BCUT2D eigenvalue weighted by atomic mass is 9.98. The molecular formula is C15H13F3. The first-order valence-electron chi connectivity index (χ1n) is 5.74. The molecule has 0 atom stereocenters. The van der Waals surface area contributed by atoms with Crippen LogP contribution in [0.15, 0.2) is 36.4 Å². The van der Waals surface area contributed by atoms with E-state index in [1.54, 1.807) is 12.1 Å². The van der Waals surface area contributed by atoms with Gasteiger partial charge in [-0.1, -0.05) is 38.1 Å². The summed E-state index contributed by atoms with van der Waals surface area (Å²) in [5.74, 6) is -3.38. The van der Waals surface area contributed by atoms with Crippen LogP contribution >= 0.6 is 0 Å². The van der Waals surface area contributed by atoms with Gasteiger partial charge in [0.15, 0.2) is 17.5 Å². The molecule has 0 heterocycles. The second-order valence-corrected chi connectivity index (χ2v) is 4.50. The molecule has 0 saturated carbocycles. The van der Waals surface area contributed by atoms with E-state index >= 15 is 0 Å². The molecule has 0 amide bonds. The molecule has 0 aliphatic heterocycles. The van der Waals surface area contributed by atoms with Crippen LogP contribution in [0.25, 0.3) is 11.1 Å². The van der Waals surface area contributed by atoms with Crippen LogP contribution in [0, 0.1) is 17.5 Å². The summed E-state index contributed by atoms with van der Waals surface area (Å²) in [6, 6.07) is 9.33. The Morgan fingerprint density at radius 3 is 1.94 bits per heavy atom. The normalized spacial score (nSPS) is 11.0. The van der Waals surface area contributed by atoms with E-state index in [2.05, 4.69) is 0 Å². The molecule has 0 unspecified atom stereocenters. The van der Waals surface area contributed by atoms with Crippen LogP contribution in [-0.4, -0.2) is 0 Å². The number of hydrogen-bond donors (Lipinski definition) is 0. The SMILES string of the molecule is CC(C)c1ccc(-c2ccc(F)c(F)c2F)cc1. The Labute approximate surface area is 104 Å². The van der Waals surface area contributed by atoms with Crippen LogP contribution in [0.3, 0.4) is 0 Å². The molecule has 0 fully saturated rings. The average molecular weight is 250 g/mol. The predicted molar refractivity (Wildman–Crippen MR) is 65.8 cm³/mol. The second kappa shape index (κ2) is 4.84. The molecule has 0 spiro atoms. The third-order valence-electron chi connectivity index (χ3n) is 2.92. The highest BCUT2D eigenvalue weighted by molar-refractivity contribution is 5.64. The summed E-state index contributed by atoms with van der Waals surface area (Å²) in [4.78, 5) is 0. The molecule has 0 nitrogen and oxygen atoms in total. The fourth-order valence-corrected chi connectivity index (χ4v) is 1.80. The van der Waals surface area contributed by atoms with Crippen molar-refractivity contribution < 1.29 is 13.2 Å². The number of hydrogen-bond acceptors (Lipinski definition) is 0. The fraction of sp³-hybridized carbons (Fsp3) is 0.200. The molecule has 0 aromatic heterocycles. The van der Waals surface area contributed by atoms with Crippen LogP contribution in [0.2, 0.25) is 0 Å². The minimum absolute atomic E-state index is 0.0733. The Hall–Kier alpha value is -1.77. The predicted octanol–water partition coefficient (Wildman–Crippen LogP) is 4.89. The van der Waals surface area contributed by atoms with E-state index in [1.165, 1.54) is 6.07 Å². The first-order valence-corrected chi connectivity index (χ1v) is 5.74. The zero-order chi connectivity index (χ0) is 13.3. The Kier molecular flexibility index (Phi) is 3.41. The lowest BCUT2D eigenvalue weighted by Gasteiger charge is -2.08. The van der Waals surface area contributed by atoms with Crippen LogP contribution in [0.1, 0.15) is 25.3 Å². The minimum atomic E-state index is -1.43. The number of halogens is 3. The molecule has 0 aliphatic carbocycles. The summed E-state index contributed by atoms with van der Waals surface area (Å²) in [7, 11) is 0. The van der Waals surface area contributed by atoms with Crippen molar-refractivity contribution in [1.82, 2.24) is 0 Å². The summed E-state index contributed by atoms with van der Waals surface area (Å²) in [6.45, 7) is 4.10. The van der Waals surface area contributed by atoms with Gasteiger partial charge in [0, 0.05) is 5.56 Å². The van der Waals surface area contributed by atoms with Crippen molar-refractivity contribution in [3.63, 3.8) is 0 Å². The summed E-state index contributed by atoms with van der Waals surface area (Å²) in [6.07, 6.45) is 0. The molecule has 3 heteroatoms. The van der Waals surface area contributed by atoms with Crippen molar-refractivity contribution in [3.05, 3.63) is 59.4 Å². The van der Waals surface area contributed by atoms with E-state index in [0.717, 1.165) is 11.6 Å². The van der Waals surface area contributed by atoms with Gasteiger partial charge < -0.3 is 0 Å². The van der Waals surface area contributed by atoms with E-state index in [1.807, 2.05) is 26.0 Å². The Bertz CT molecular complexity index is 557. The third kappa shape index (κ3) is 2.26. The Morgan fingerprint density at radius 1 is 0.778 bits per heavy atom. The van der Waals surface area contributed by atoms with Crippen molar-refractivity contribution in [2.75, 3.05) is 0 Å². The molecule has 0 bridgehead atoms. The number of benzene rings is 2. The van der Waals surface area contributed by atoms with E-state index in [9.17, 15) is 13.2 Å². The van der Waals surface area contributed by atoms with Gasteiger partial charge in [-0.15, -0.1) is 0 Å². The summed E-state index contributed by atoms with van der Waals surface area (Å²) >= 11 is 0. The monoisotopic (exact) mass is 250 g/mol. The van der Waals surface area contributed by atoms with Crippen molar-refractivity contribution >= 4 is 0 Å². The van der Waals surface area contributed by atoms with E-state index in [0.29, 0.717) is 11.5 Å². The number of rotatable bonds is 2. The lowest BCUT2D eigenvalue weighted by Crippen LogP contribution is -1.94. The quantitative estimate of drug-likeness (QED) is 0.665. The summed E-state index contributed by atoms with van der Waals surface area (Å²) < 4.78 is 39.6. The molecule has 2 aromatic carbocycles. The Balaban J connectivity index is 2.46. The first-order chi connectivity index (χ1) is 8.50. The smallest absolute Gasteiger partial charge is 0.195 e. The Morgan fingerprint density at radius 2 is 1.39 bits per heavy atom. The summed E-state index contributed by atoms with van der Waals surface area (Å²) in [5.41, 5.74) is 1.72. The van der Waals surface area contributed by atoms with Gasteiger partial charge in [-0.05, 0) is 29.2 Å². The van der Waals surface area contributed by atoms with Gasteiger partial charge in [-0.25, -0.2) is 13.2 Å². The van der Waals surface area contributed by atoms with Crippen LogP contribution < -0.4 is 0 Å². The molecule has 0 radical (unpaired) electrons. The molecule has 0 N–H and O–H groups in total. The molecule has 2 rings (SSSR count). The second-order valence-electron chi connectivity index (χ2n) is 4.50. The maximum atomic E-state index is 13.6. The maximum Gasteiger partial charge on any atom is 0.195 e. The van der Waals surface area contributed by atoms with Gasteiger partial charge in [-0.3, -0.25) is 0 Å². The van der Waals surface area contributed by atoms with E-state index in [-0.39, 0.29) is 5.56 Å². The van der Waals surface area contributed by atoms with Crippen LogP contribution in [0.5, 0.6) is 0 Å². The van der Waals surface area contributed by atoms with Crippen LogP contribution in [-0.2, 0) is 0 Å². The highest BCUT2D eigenvalue weighted by atomic mass is 19.2. The zero-order valence-electron chi connectivity index (χ0n) is 10.2. The first kappa shape index (κ1) is 12.7. The standard InChI is InChI=1S/C15H13F3/c1-9(2)10-3-5-11(6-4-10)12-7-8-13(16)15(18)14(12)17/h3-9H,1-2H3. The van der Waals surface area contributed by atoms with E-state index in [4.69, 9.17) is 0 Å². The maximum absolute atomic E-state index is 13.6. The molecule has 94 valence electrons. The topological polar surface area (TPSA) is 0 Å². The third-order valence-corrected chi connectivity index (χ3v) is 2.92. The summed E-state index contributed by atoms with van der Waals surface area (Å²) in [5, 5.41) is 0. The van der Waals surface area contributed by atoms with Gasteiger partial charge >= 0.3 is 0 Å². The lowest BCUT2D eigenvalue weighted by molar-refractivity contribution is 0.449. The zero-order valence-corrected chi connectivity index (χ0v) is 10.2. The molecular weight excluding hydrogens is 237 g/mol. The van der Waals surface area contributed by atoms with Crippen molar-refractivity contribution in [2.24, 2.45) is 0 Å². The van der Waals surface area contributed by atoms with Gasteiger partial charge in [0.05, 0.1) is 0 Å². The van der Waals surface area contributed by atoms with E-state index < -0.39 is 17.5 Å². The molecule has 0 saturated heterocycles. The molecule has 18 heavy (non-hydrogen) atoms. The average Bonchev–Trinajstić information content (AvgIpc) is 2.36. The minimum Gasteiger partial charge on any atom is -0.204 e. The van der Waals surface area contributed by atoms with Crippen molar-refractivity contribution in [2.45, 2.75) is 19.8 Å². The van der Waals surface area contributed by atoms with Gasteiger partial charge in [0.25, 0.3) is 0 Å². The van der Waals surface area contributed by atoms with Gasteiger partial charge in [0.1, 0.15) is 0 Å². The highest BCUT2D eigenvalue weighted by Gasteiger charge is 2.14. The highest BCUT2D eigenvalue weighted by Crippen LogP contribution is 2.27. The molecule has 0 aliphatic rings. The van der Waals surface area contributed by atoms with Crippen LogP contribution in [0.4, 0.5) is 13.2 Å². The van der Waals surface area contributed by atoms with Crippen molar-refractivity contribution in [3.8, 4) is 11.1 Å². The molecule has 2 aromatic rings.